The number of thiazole rings is 1. The van der Waals surface area contributed by atoms with Gasteiger partial charge in [-0.1, -0.05) is 82.2 Å². The molecule has 0 unspecified atom stereocenters. The molecule has 0 radical (unpaired) electrons. The maximum atomic E-state index is 15.0. The summed E-state index contributed by atoms with van der Waals surface area (Å²) >= 11 is 1.58. The van der Waals surface area contributed by atoms with Crippen LogP contribution in [0.3, 0.4) is 0 Å². The fraction of sp³-hybridized carbons (Fsp3) is 0.511. The predicted molar refractivity (Wildman–Crippen MR) is 232 cm³/mol. The summed E-state index contributed by atoms with van der Waals surface area (Å²) in [6.45, 7) is 10.3. The number of benzene rings is 2. The molecule has 4 aliphatic rings. The van der Waals surface area contributed by atoms with E-state index in [9.17, 15) is 18.0 Å². The lowest BCUT2D eigenvalue weighted by molar-refractivity contribution is -0.142. The van der Waals surface area contributed by atoms with E-state index in [2.05, 4.69) is 36.9 Å². The third-order valence-electron chi connectivity index (χ3n) is 13.0. The highest BCUT2D eigenvalue weighted by atomic mass is 32.2. The normalized spacial score (nSPS) is 26.6. The molecule has 1 N–H and O–H groups in total. The Labute approximate surface area is 352 Å². The van der Waals surface area contributed by atoms with Gasteiger partial charge in [-0.3, -0.25) is 19.1 Å². The summed E-state index contributed by atoms with van der Waals surface area (Å²) in [6, 6.07) is 17.1. The number of nitrogens with one attached hydrogen (secondary N) is 1. The van der Waals surface area contributed by atoms with E-state index in [-0.39, 0.29) is 42.4 Å². The number of pyridine rings is 1. The maximum absolute atomic E-state index is 15.0. The number of aromatic nitrogens is 2. The van der Waals surface area contributed by atoms with Gasteiger partial charge in [0.2, 0.25) is 21.8 Å². The molecule has 3 fully saturated rings. The van der Waals surface area contributed by atoms with E-state index >= 15 is 4.79 Å². The second-order valence-corrected chi connectivity index (χ2v) is 21.9. The topological polar surface area (TPSA) is 136 Å². The number of carbonyl (C=O) groups excluding carboxylic acids is 3. The van der Waals surface area contributed by atoms with Gasteiger partial charge in [0, 0.05) is 53.0 Å². The average molecular weight is 837 g/mol. The molecule has 59 heavy (non-hydrogen) atoms. The molecule has 10 nitrogen and oxygen atoms in total. The van der Waals surface area contributed by atoms with E-state index in [1.807, 2.05) is 67.6 Å². The number of hydrogen-bond donors (Lipinski definition) is 1. The van der Waals surface area contributed by atoms with Crippen molar-refractivity contribution in [3.63, 3.8) is 0 Å². The molecular weight excluding hydrogens is 781 g/mol. The first-order valence-corrected chi connectivity index (χ1v) is 23.6. The largest absolute Gasteiger partial charge is 0.488 e. The van der Waals surface area contributed by atoms with Crippen LogP contribution in [0.4, 0.5) is 0 Å². The van der Waals surface area contributed by atoms with Gasteiger partial charge in [0.05, 0.1) is 44.7 Å². The van der Waals surface area contributed by atoms with Crippen LogP contribution in [-0.2, 0) is 36.2 Å². The van der Waals surface area contributed by atoms with Crippen LogP contribution in [0.1, 0.15) is 108 Å². The summed E-state index contributed by atoms with van der Waals surface area (Å²) in [5.41, 5.74) is 3.22. The molecule has 312 valence electrons. The van der Waals surface area contributed by atoms with E-state index in [1.165, 1.54) is 0 Å². The number of sulfonamides is 1. The summed E-state index contributed by atoms with van der Waals surface area (Å²) in [5, 5.41) is 3.82. The molecule has 2 aliphatic heterocycles. The van der Waals surface area contributed by atoms with Crippen LogP contribution in [-0.4, -0.2) is 64.3 Å². The van der Waals surface area contributed by atoms with Crippen molar-refractivity contribution in [2.75, 3.05) is 6.54 Å². The lowest BCUT2D eigenvalue weighted by atomic mass is 9.90. The van der Waals surface area contributed by atoms with Gasteiger partial charge in [-0.15, -0.1) is 11.3 Å². The van der Waals surface area contributed by atoms with Crippen molar-refractivity contribution in [1.82, 2.24) is 19.6 Å². The number of ketones is 1. The minimum absolute atomic E-state index is 0.106. The van der Waals surface area contributed by atoms with Gasteiger partial charge in [-0.25, -0.2) is 18.4 Å². The summed E-state index contributed by atoms with van der Waals surface area (Å²) in [4.78, 5) is 55.6. The average Bonchev–Trinajstić information content (AvgIpc) is 3.97. The van der Waals surface area contributed by atoms with Crippen LogP contribution in [0.2, 0.25) is 0 Å². The van der Waals surface area contributed by atoms with Crippen LogP contribution in [0.5, 0.6) is 5.75 Å². The number of carbonyl (C=O) groups is 3. The Kier molecular flexibility index (Phi) is 11.1. The summed E-state index contributed by atoms with van der Waals surface area (Å²) in [5.74, 6) is -1.01. The first kappa shape index (κ1) is 41.3. The number of rotatable bonds is 8. The summed E-state index contributed by atoms with van der Waals surface area (Å²) < 4.78 is 34.9. The SMILES string of the molecule is Cc1ccc2c(O[C@@H]3C[C@H]4C(=O)C[C@]5(C(=O)NS(=O)(=O)C6(C)CC6)C[C@H]5/C=C\CCCCC[C@H](Cc5nc(C(C)(C)C)cs5)C(=O)N4C3)cc(-c3ccccc3)nc2c1. The van der Waals surface area contributed by atoms with Crippen molar-refractivity contribution in [1.29, 1.82) is 0 Å². The first-order chi connectivity index (χ1) is 28.0. The number of hydrogen-bond acceptors (Lipinski definition) is 9. The Morgan fingerprint density at radius 2 is 1.81 bits per heavy atom. The lowest BCUT2D eigenvalue weighted by Crippen LogP contribution is -2.47. The standard InChI is InChI=1S/C47H56N4O6S2/c1-30-18-19-35-37(22-30)48-36(31-14-11-9-12-15-31)25-40(35)57-34-24-38-39(52)27-47(44(54)50-59(55,56)46(5)20-21-46)26-33(47)17-13-8-6-7-10-16-32(43(53)51(38)28-34)23-42-49-41(29-58-42)45(2,3)4/h9,11-15,17-19,22,25,29,32-34,38H,6-8,10,16,20-21,23-24,26-28H2,1-5H3,(H,50,54)/b17-13-/t32-,33-,34-,38+,47-/m1/s1. The molecule has 0 spiro atoms. The summed E-state index contributed by atoms with van der Waals surface area (Å²) in [7, 11) is -3.92. The number of allylic oxidation sites excluding steroid dienone is 2. The fourth-order valence-electron chi connectivity index (χ4n) is 8.72. The quantitative estimate of drug-likeness (QED) is 0.174. The second-order valence-electron chi connectivity index (χ2n) is 18.7. The van der Waals surface area contributed by atoms with E-state index in [0.29, 0.717) is 37.9 Å². The Morgan fingerprint density at radius 3 is 2.54 bits per heavy atom. The predicted octanol–water partition coefficient (Wildman–Crippen LogP) is 8.66. The van der Waals surface area contributed by atoms with Gasteiger partial charge in [-0.2, -0.15) is 0 Å². The zero-order valence-corrected chi connectivity index (χ0v) is 36.5. The van der Waals surface area contributed by atoms with E-state index in [4.69, 9.17) is 14.7 Å². The molecule has 2 saturated carbocycles. The van der Waals surface area contributed by atoms with Crippen molar-refractivity contribution in [2.45, 2.75) is 128 Å². The van der Waals surface area contributed by atoms with Gasteiger partial charge < -0.3 is 9.64 Å². The van der Waals surface area contributed by atoms with Crippen LogP contribution in [0.15, 0.2) is 72.1 Å². The zero-order valence-electron chi connectivity index (χ0n) is 34.8. The van der Waals surface area contributed by atoms with Crippen molar-refractivity contribution >= 4 is 49.9 Å². The highest BCUT2D eigenvalue weighted by Gasteiger charge is 2.62. The van der Waals surface area contributed by atoms with E-state index in [1.54, 1.807) is 23.2 Å². The summed E-state index contributed by atoms with van der Waals surface area (Å²) in [6.07, 6.45) is 9.64. The van der Waals surface area contributed by atoms with Crippen molar-refractivity contribution in [3.05, 3.63) is 88.4 Å². The van der Waals surface area contributed by atoms with Gasteiger partial charge in [0.25, 0.3) is 0 Å². The van der Waals surface area contributed by atoms with E-state index < -0.39 is 44.2 Å². The van der Waals surface area contributed by atoms with Crippen molar-refractivity contribution in [2.24, 2.45) is 17.3 Å². The minimum atomic E-state index is -3.92. The van der Waals surface area contributed by atoms with Crippen LogP contribution < -0.4 is 9.46 Å². The van der Waals surface area contributed by atoms with Gasteiger partial charge >= 0.3 is 0 Å². The van der Waals surface area contributed by atoms with Crippen LogP contribution in [0, 0.1) is 24.2 Å². The first-order valence-electron chi connectivity index (χ1n) is 21.2. The molecule has 0 bridgehead atoms. The smallest absolute Gasteiger partial charge is 0.240 e. The van der Waals surface area contributed by atoms with Crippen molar-refractivity contribution in [3.8, 4) is 17.0 Å². The molecular formula is C47H56N4O6S2. The molecule has 2 aliphatic carbocycles. The highest BCUT2D eigenvalue weighted by molar-refractivity contribution is 7.91. The number of aryl methyl sites for hydroxylation is 1. The highest BCUT2D eigenvalue weighted by Crippen LogP contribution is 2.57. The lowest BCUT2D eigenvalue weighted by Gasteiger charge is -2.29. The van der Waals surface area contributed by atoms with Gasteiger partial charge in [0.1, 0.15) is 11.9 Å². The minimum Gasteiger partial charge on any atom is -0.488 e. The number of amides is 2. The molecule has 5 atom stereocenters. The third-order valence-corrected chi connectivity index (χ3v) is 16.0. The van der Waals surface area contributed by atoms with E-state index in [0.717, 1.165) is 64.1 Å². The molecule has 8 rings (SSSR count). The zero-order chi connectivity index (χ0) is 41.7. The molecule has 2 aromatic heterocycles. The number of ether oxygens (including phenoxy) is 1. The Bertz CT molecular complexity index is 2400. The van der Waals surface area contributed by atoms with Crippen molar-refractivity contribution < 1.29 is 27.5 Å². The molecule has 2 aromatic carbocycles. The molecule has 4 heterocycles. The Morgan fingerprint density at radius 1 is 1.03 bits per heavy atom. The number of Topliss-reactive ketones (excluding diaryl/α,β-unsaturated/α-hetero) is 1. The Hall–Kier alpha value is -4.42. The molecule has 2 amide bonds. The number of fused-ring (bicyclic) bond motifs is 3. The second kappa shape index (κ2) is 15.9. The molecule has 4 aromatic rings. The fourth-order valence-corrected chi connectivity index (χ4v) is 11.2. The number of nitrogens with zero attached hydrogens (tertiary/aromatic N) is 3. The third kappa shape index (κ3) is 8.62. The monoisotopic (exact) mass is 836 g/mol. The molecule has 12 heteroatoms. The maximum Gasteiger partial charge on any atom is 0.240 e. The van der Waals surface area contributed by atoms with Gasteiger partial charge in [0.15, 0.2) is 5.78 Å². The van der Waals surface area contributed by atoms with Gasteiger partial charge in [-0.05, 0) is 76.0 Å². The van der Waals surface area contributed by atoms with Crippen LogP contribution in [0.25, 0.3) is 22.2 Å². The van der Waals surface area contributed by atoms with Crippen LogP contribution >= 0.6 is 11.3 Å². The Balaban J connectivity index is 1.14. The molecule has 1 saturated heterocycles.